The summed E-state index contributed by atoms with van der Waals surface area (Å²) in [6.45, 7) is 2.99. The molecule has 0 unspecified atom stereocenters. The number of hydrogen-bond acceptors (Lipinski definition) is 6. The zero-order valence-electron chi connectivity index (χ0n) is 14.0. The van der Waals surface area contributed by atoms with Crippen LogP contribution < -0.4 is 19.7 Å². The Morgan fingerprint density at radius 3 is 2.92 bits per heavy atom. The molecule has 1 aromatic heterocycles. The molecular weight excluding hydrogens is 338 g/mol. The molecule has 3 heterocycles. The number of carbonyl (C=O) groups excluding carboxylic acids is 1. The Hall–Kier alpha value is -2.28. The summed E-state index contributed by atoms with van der Waals surface area (Å²) in [5, 5.41) is 6.15. The maximum Gasteiger partial charge on any atom is 0.251 e. The van der Waals surface area contributed by atoms with Gasteiger partial charge in [-0.25, -0.2) is 4.98 Å². The fourth-order valence-corrected chi connectivity index (χ4v) is 4.00. The Labute approximate surface area is 150 Å². The first-order valence-corrected chi connectivity index (χ1v) is 9.55. The Morgan fingerprint density at radius 2 is 2.04 bits per heavy atom. The molecule has 0 radical (unpaired) electrons. The maximum atomic E-state index is 12.3. The van der Waals surface area contributed by atoms with Gasteiger partial charge in [-0.2, -0.15) is 0 Å². The molecule has 2 aliphatic heterocycles. The third-order valence-corrected chi connectivity index (χ3v) is 5.42. The second-order valence-corrected chi connectivity index (χ2v) is 7.08. The SMILES string of the molecule is O=C(NCCc1csc(N2CCCCC2)n1)c1ccc2c(c1)OCO2. The average molecular weight is 359 g/mol. The van der Waals surface area contributed by atoms with Gasteiger partial charge in [0.25, 0.3) is 5.91 Å². The monoisotopic (exact) mass is 359 g/mol. The summed E-state index contributed by atoms with van der Waals surface area (Å²) < 4.78 is 10.6. The van der Waals surface area contributed by atoms with Crippen LogP contribution in [0, 0.1) is 0 Å². The summed E-state index contributed by atoms with van der Waals surface area (Å²) in [4.78, 5) is 19.3. The third-order valence-electron chi connectivity index (χ3n) is 4.47. The number of amides is 1. The topological polar surface area (TPSA) is 63.7 Å². The van der Waals surface area contributed by atoms with E-state index in [2.05, 4.69) is 15.6 Å². The van der Waals surface area contributed by atoms with Gasteiger partial charge in [0.2, 0.25) is 6.79 Å². The number of rotatable bonds is 5. The summed E-state index contributed by atoms with van der Waals surface area (Å²) >= 11 is 1.70. The molecule has 1 N–H and O–H groups in total. The number of benzene rings is 1. The van der Waals surface area contributed by atoms with E-state index in [0.717, 1.165) is 30.3 Å². The van der Waals surface area contributed by atoms with Crippen molar-refractivity contribution >= 4 is 22.4 Å². The first kappa shape index (κ1) is 16.2. The summed E-state index contributed by atoms with van der Waals surface area (Å²) in [6.07, 6.45) is 4.56. The molecule has 7 heteroatoms. The molecule has 2 aromatic rings. The molecular formula is C18H21N3O3S. The lowest BCUT2D eigenvalue weighted by atomic mass is 10.1. The molecule has 1 amide bonds. The minimum atomic E-state index is -0.107. The van der Waals surface area contributed by atoms with Gasteiger partial charge in [0.1, 0.15) is 0 Å². The van der Waals surface area contributed by atoms with Crippen molar-refractivity contribution in [3.63, 3.8) is 0 Å². The fourth-order valence-electron chi connectivity index (χ4n) is 3.09. The van der Waals surface area contributed by atoms with Gasteiger partial charge < -0.3 is 19.7 Å². The lowest BCUT2D eigenvalue weighted by Crippen LogP contribution is -2.29. The van der Waals surface area contributed by atoms with Gasteiger partial charge in [-0.1, -0.05) is 0 Å². The number of ether oxygens (including phenoxy) is 2. The number of thiazole rings is 1. The van der Waals surface area contributed by atoms with Crippen molar-refractivity contribution in [2.75, 3.05) is 31.3 Å². The van der Waals surface area contributed by atoms with Gasteiger partial charge in [-0.15, -0.1) is 11.3 Å². The minimum Gasteiger partial charge on any atom is -0.454 e. The molecule has 1 saturated heterocycles. The summed E-state index contributed by atoms with van der Waals surface area (Å²) in [7, 11) is 0. The number of fused-ring (bicyclic) bond motifs is 1. The number of anilines is 1. The minimum absolute atomic E-state index is 0.107. The van der Waals surface area contributed by atoms with Crippen molar-refractivity contribution in [2.24, 2.45) is 0 Å². The van der Waals surface area contributed by atoms with Crippen LogP contribution in [0.3, 0.4) is 0 Å². The van der Waals surface area contributed by atoms with E-state index < -0.39 is 0 Å². The Balaban J connectivity index is 1.29. The van der Waals surface area contributed by atoms with E-state index in [1.54, 1.807) is 29.5 Å². The molecule has 0 bridgehead atoms. The number of carbonyl (C=O) groups is 1. The van der Waals surface area contributed by atoms with Crippen LogP contribution in [0.1, 0.15) is 35.3 Å². The number of nitrogens with one attached hydrogen (secondary N) is 1. The largest absolute Gasteiger partial charge is 0.454 e. The van der Waals surface area contributed by atoms with E-state index in [0.29, 0.717) is 23.6 Å². The number of hydrogen-bond donors (Lipinski definition) is 1. The highest BCUT2D eigenvalue weighted by Crippen LogP contribution is 2.32. The summed E-state index contributed by atoms with van der Waals surface area (Å²) in [5.74, 6) is 1.20. The molecule has 25 heavy (non-hydrogen) atoms. The molecule has 4 rings (SSSR count). The molecule has 6 nitrogen and oxygen atoms in total. The Kier molecular flexibility index (Phi) is 4.74. The van der Waals surface area contributed by atoms with Gasteiger partial charge >= 0.3 is 0 Å². The van der Waals surface area contributed by atoms with Crippen LogP contribution in [0.5, 0.6) is 11.5 Å². The van der Waals surface area contributed by atoms with E-state index in [1.165, 1.54) is 19.3 Å². The Bertz CT molecular complexity index is 756. The zero-order chi connectivity index (χ0) is 17.1. The summed E-state index contributed by atoms with van der Waals surface area (Å²) in [6, 6.07) is 5.23. The molecule has 0 spiro atoms. The normalized spacial score (nSPS) is 16.1. The lowest BCUT2D eigenvalue weighted by Gasteiger charge is -2.25. The van der Waals surface area contributed by atoms with Crippen LogP contribution in [0.15, 0.2) is 23.6 Å². The smallest absolute Gasteiger partial charge is 0.251 e. The predicted octanol–water partition coefficient (Wildman–Crippen LogP) is 2.83. The maximum absolute atomic E-state index is 12.3. The molecule has 1 fully saturated rings. The molecule has 0 aliphatic carbocycles. The highest BCUT2D eigenvalue weighted by atomic mass is 32.1. The van der Waals surface area contributed by atoms with Gasteiger partial charge in [-0.3, -0.25) is 4.79 Å². The predicted molar refractivity (Wildman–Crippen MR) is 96.8 cm³/mol. The van der Waals surface area contributed by atoms with Crippen LogP contribution in [0.25, 0.3) is 0 Å². The van der Waals surface area contributed by atoms with Crippen LogP contribution in [0.2, 0.25) is 0 Å². The highest BCUT2D eigenvalue weighted by molar-refractivity contribution is 7.13. The van der Waals surface area contributed by atoms with E-state index in [1.807, 2.05) is 0 Å². The molecule has 132 valence electrons. The van der Waals surface area contributed by atoms with Crippen molar-refractivity contribution in [1.29, 1.82) is 0 Å². The van der Waals surface area contributed by atoms with Gasteiger partial charge in [0, 0.05) is 37.0 Å². The van der Waals surface area contributed by atoms with Crippen molar-refractivity contribution in [3.05, 3.63) is 34.8 Å². The van der Waals surface area contributed by atoms with Crippen LogP contribution >= 0.6 is 11.3 Å². The van der Waals surface area contributed by atoms with Crippen molar-refractivity contribution in [2.45, 2.75) is 25.7 Å². The van der Waals surface area contributed by atoms with Gasteiger partial charge in [0.15, 0.2) is 16.6 Å². The molecule has 1 aromatic carbocycles. The highest BCUT2D eigenvalue weighted by Gasteiger charge is 2.17. The van der Waals surface area contributed by atoms with Crippen LogP contribution in [-0.2, 0) is 6.42 Å². The fraction of sp³-hybridized carbons (Fsp3) is 0.444. The van der Waals surface area contributed by atoms with E-state index >= 15 is 0 Å². The van der Waals surface area contributed by atoms with E-state index in [9.17, 15) is 4.79 Å². The van der Waals surface area contributed by atoms with Crippen molar-refractivity contribution in [3.8, 4) is 11.5 Å². The number of piperidine rings is 1. The van der Waals surface area contributed by atoms with Crippen LogP contribution in [0.4, 0.5) is 5.13 Å². The summed E-state index contributed by atoms with van der Waals surface area (Å²) in [5.41, 5.74) is 1.62. The van der Waals surface area contributed by atoms with Gasteiger partial charge in [0.05, 0.1) is 5.69 Å². The first-order valence-electron chi connectivity index (χ1n) is 8.67. The van der Waals surface area contributed by atoms with E-state index in [4.69, 9.17) is 14.5 Å². The van der Waals surface area contributed by atoms with Crippen molar-refractivity contribution < 1.29 is 14.3 Å². The zero-order valence-corrected chi connectivity index (χ0v) is 14.8. The lowest BCUT2D eigenvalue weighted by molar-refractivity contribution is 0.0953. The third kappa shape index (κ3) is 3.71. The average Bonchev–Trinajstić information content (AvgIpc) is 3.31. The quantitative estimate of drug-likeness (QED) is 0.889. The van der Waals surface area contributed by atoms with Gasteiger partial charge in [-0.05, 0) is 37.5 Å². The molecule has 0 saturated carbocycles. The van der Waals surface area contributed by atoms with Crippen LogP contribution in [-0.4, -0.2) is 37.3 Å². The second-order valence-electron chi connectivity index (χ2n) is 6.24. The number of aromatic nitrogens is 1. The number of nitrogens with zero attached hydrogens (tertiary/aromatic N) is 2. The first-order chi connectivity index (χ1) is 12.3. The molecule has 2 aliphatic rings. The second kappa shape index (κ2) is 7.31. The van der Waals surface area contributed by atoms with E-state index in [-0.39, 0.29) is 12.7 Å². The standard InChI is InChI=1S/C18H21N3O3S/c22-17(13-4-5-15-16(10-13)24-12-23-15)19-7-6-14-11-25-18(20-14)21-8-2-1-3-9-21/h4-5,10-11H,1-3,6-9,12H2,(H,19,22). The Morgan fingerprint density at radius 1 is 1.20 bits per heavy atom. The van der Waals surface area contributed by atoms with Crippen molar-refractivity contribution in [1.82, 2.24) is 10.3 Å². The molecule has 0 atom stereocenters.